The molecule has 5 rings (SSSR count). The van der Waals surface area contributed by atoms with Gasteiger partial charge in [-0.3, -0.25) is 14.4 Å². The number of hydrogen-bond donors (Lipinski definition) is 1. The van der Waals surface area contributed by atoms with Gasteiger partial charge in [0.15, 0.2) is 0 Å². The van der Waals surface area contributed by atoms with Crippen LogP contribution >= 0.6 is 15.9 Å². The number of anilines is 1. The van der Waals surface area contributed by atoms with Gasteiger partial charge in [0.2, 0.25) is 5.91 Å². The van der Waals surface area contributed by atoms with Crippen LogP contribution in [0.3, 0.4) is 0 Å². The molecular weight excluding hydrogens is 616 g/mol. The number of aliphatic hydroxyl groups is 1. The third-order valence-corrected chi connectivity index (χ3v) is 9.52. The van der Waals surface area contributed by atoms with Gasteiger partial charge in [0.05, 0.1) is 44.3 Å². The van der Waals surface area contributed by atoms with Gasteiger partial charge in [0.1, 0.15) is 17.4 Å². The zero-order chi connectivity index (χ0) is 30.7. The van der Waals surface area contributed by atoms with Crippen molar-refractivity contribution in [3.63, 3.8) is 0 Å². The highest BCUT2D eigenvalue weighted by Gasteiger charge is 2.77. The molecule has 1 spiro atoms. The minimum Gasteiger partial charge on any atom is -0.497 e. The Bertz CT molecular complexity index is 1350. The van der Waals surface area contributed by atoms with E-state index in [1.807, 2.05) is 30.3 Å². The van der Waals surface area contributed by atoms with Crippen molar-refractivity contribution in [2.24, 2.45) is 11.8 Å². The van der Waals surface area contributed by atoms with E-state index in [1.54, 1.807) is 48.4 Å². The Morgan fingerprint density at radius 3 is 2.53 bits per heavy atom. The molecule has 9 nitrogen and oxygen atoms in total. The van der Waals surface area contributed by atoms with E-state index in [1.165, 1.54) is 4.90 Å². The number of carbonyl (C=O) groups is 3. The number of fused-ring (bicyclic) bond motifs is 1. The molecule has 7 atom stereocenters. The minimum absolute atomic E-state index is 0.135. The van der Waals surface area contributed by atoms with Gasteiger partial charge in [-0.15, -0.1) is 13.2 Å². The highest BCUT2D eigenvalue weighted by Crippen LogP contribution is 2.61. The number of likely N-dealkylation sites (tertiary alicyclic amines) is 1. The molecule has 2 amide bonds. The highest BCUT2D eigenvalue weighted by atomic mass is 79.9. The van der Waals surface area contributed by atoms with Gasteiger partial charge in [0, 0.05) is 17.1 Å². The zero-order valence-corrected chi connectivity index (χ0v) is 25.7. The summed E-state index contributed by atoms with van der Waals surface area (Å²) in [5.41, 5.74) is 0.188. The second kappa shape index (κ2) is 13.0. The molecule has 2 aromatic rings. The number of amides is 2. The molecule has 2 bridgehead atoms. The van der Waals surface area contributed by atoms with Crippen LogP contribution < -0.4 is 9.64 Å². The summed E-state index contributed by atoms with van der Waals surface area (Å²) >= 11 is 3.69. The SMILES string of the molecule is C=CCCOC(=O)[C@H]1[C@H]2C(=O)N([C@@H](CO)Cc3ccccc3)C(C(=O)N(CC=C)c3ccc(OC)cc3)C23CC(Br)[C@@H]1O3. The third kappa shape index (κ3) is 5.52. The lowest BCUT2D eigenvalue weighted by Crippen LogP contribution is -2.59. The number of alkyl halides is 1. The minimum atomic E-state index is -1.30. The molecule has 3 fully saturated rings. The number of rotatable bonds is 13. The molecule has 0 radical (unpaired) electrons. The van der Waals surface area contributed by atoms with E-state index in [0.717, 1.165) is 5.56 Å². The van der Waals surface area contributed by atoms with Crippen molar-refractivity contribution in [1.82, 2.24) is 4.90 Å². The normalized spacial score (nSPS) is 27.8. The molecule has 228 valence electrons. The van der Waals surface area contributed by atoms with Crippen molar-refractivity contribution in [2.45, 2.75) is 47.9 Å². The summed E-state index contributed by atoms with van der Waals surface area (Å²) in [6, 6.07) is 14.7. The number of hydrogen-bond acceptors (Lipinski definition) is 7. The standard InChI is InChI=1S/C33H37BrN2O7/c1-4-6-17-42-32(40)26-27-30(38)36(23(20-37)18-21-10-8-7-9-11-21)29(33(27)19-25(34)28(26)43-33)31(39)35(16-5-2)22-12-14-24(41-3)15-13-22/h4-5,7-15,23,25-29,37H,1-2,6,16-20H2,3H3/t23-,25?,26+,27+,28+,29?,33?/m1/s1. The van der Waals surface area contributed by atoms with Crippen LogP contribution in [-0.4, -0.2) is 83.3 Å². The lowest BCUT2D eigenvalue weighted by atomic mass is 9.70. The van der Waals surface area contributed by atoms with E-state index >= 15 is 0 Å². The third-order valence-electron chi connectivity index (χ3n) is 8.68. The topological polar surface area (TPSA) is 106 Å². The molecule has 2 aromatic carbocycles. The molecule has 3 aliphatic rings. The summed E-state index contributed by atoms with van der Waals surface area (Å²) in [7, 11) is 1.56. The van der Waals surface area contributed by atoms with Crippen LogP contribution in [-0.2, 0) is 30.3 Å². The van der Waals surface area contributed by atoms with Crippen LogP contribution in [0, 0.1) is 11.8 Å². The van der Waals surface area contributed by atoms with Crippen LogP contribution in [0.25, 0.3) is 0 Å². The summed E-state index contributed by atoms with van der Waals surface area (Å²) in [4.78, 5) is 45.5. The van der Waals surface area contributed by atoms with Gasteiger partial charge in [-0.25, -0.2) is 0 Å². The van der Waals surface area contributed by atoms with Crippen LogP contribution in [0.2, 0.25) is 0 Å². The predicted octanol–water partition coefficient (Wildman–Crippen LogP) is 3.69. The lowest BCUT2D eigenvalue weighted by Gasteiger charge is -2.39. The molecule has 43 heavy (non-hydrogen) atoms. The van der Waals surface area contributed by atoms with Gasteiger partial charge in [-0.2, -0.15) is 0 Å². The number of esters is 1. The summed E-state index contributed by atoms with van der Waals surface area (Å²) in [6.07, 6.45) is 3.75. The number of benzene rings is 2. The maximum atomic E-state index is 14.8. The lowest BCUT2D eigenvalue weighted by molar-refractivity contribution is -0.155. The summed E-state index contributed by atoms with van der Waals surface area (Å²) in [5, 5.41) is 10.7. The number of ether oxygens (including phenoxy) is 3. The first-order chi connectivity index (χ1) is 20.8. The monoisotopic (exact) mass is 652 g/mol. The van der Waals surface area contributed by atoms with Crippen LogP contribution in [0.1, 0.15) is 18.4 Å². The number of methoxy groups -OCH3 is 1. The Morgan fingerprint density at radius 1 is 1.19 bits per heavy atom. The summed E-state index contributed by atoms with van der Waals surface area (Å²) in [6.45, 7) is 7.45. The second-order valence-corrected chi connectivity index (χ2v) is 12.3. The number of aliphatic hydroxyl groups excluding tert-OH is 1. The molecule has 3 heterocycles. The van der Waals surface area contributed by atoms with E-state index in [0.29, 0.717) is 30.7 Å². The quantitative estimate of drug-likeness (QED) is 0.152. The van der Waals surface area contributed by atoms with E-state index < -0.39 is 47.5 Å². The number of halogens is 1. The number of nitrogens with zero attached hydrogens (tertiary/aromatic N) is 2. The molecule has 3 unspecified atom stereocenters. The molecule has 3 saturated heterocycles. The van der Waals surface area contributed by atoms with E-state index in [4.69, 9.17) is 14.2 Å². The fourth-order valence-corrected chi connectivity index (χ4v) is 7.79. The molecule has 3 aliphatic heterocycles. The Labute approximate surface area is 260 Å². The first-order valence-electron chi connectivity index (χ1n) is 14.4. The summed E-state index contributed by atoms with van der Waals surface area (Å²) in [5.74, 6) is -2.52. The van der Waals surface area contributed by atoms with Crippen molar-refractivity contribution in [2.75, 3.05) is 31.8 Å². The van der Waals surface area contributed by atoms with Crippen molar-refractivity contribution >= 4 is 39.4 Å². The average molecular weight is 654 g/mol. The van der Waals surface area contributed by atoms with Crippen molar-refractivity contribution in [3.05, 3.63) is 85.5 Å². The molecular formula is C33H37BrN2O7. The highest BCUT2D eigenvalue weighted by molar-refractivity contribution is 9.09. The van der Waals surface area contributed by atoms with Crippen LogP contribution in [0.4, 0.5) is 5.69 Å². The van der Waals surface area contributed by atoms with Crippen LogP contribution in [0.5, 0.6) is 5.75 Å². The maximum absolute atomic E-state index is 14.8. The van der Waals surface area contributed by atoms with Gasteiger partial charge in [-0.05, 0) is 49.1 Å². The number of carbonyl (C=O) groups excluding carboxylic acids is 3. The first kappa shape index (κ1) is 31.0. The van der Waals surface area contributed by atoms with Gasteiger partial charge in [-0.1, -0.05) is 58.4 Å². The smallest absolute Gasteiger partial charge is 0.312 e. The van der Waals surface area contributed by atoms with Gasteiger partial charge >= 0.3 is 5.97 Å². The molecule has 0 saturated carbocycles. The molecule has 0 aliphatic carbocycles. The van der Waals surface area contributed by atoms with Crippen molar-refractivity contribution < 1.29 is 33.7 Å². The van der Waals surface area contributed by atoms with Crippen LogP contribution in [0.15, 0.2) is 79.9 Å². The Kier molecular flexibility index (Phi) is 9.39. The second-order valence-electron chi connectivity index (χ2n) is 11.1. The Morgan fingerprint density at radius 2 is 1.91 bits per heavy atom. The largest absolute Gasteiger partial charge is 0.497 e. The molecule has 0 aromatic heterocycles. The molecule has 10 heteroatoms. The van der Waals surface area contributed by atoms with Gasteiger partial charge < -0.3 is 29.1 Å². The fraction of sp³-hybridized carbons (Fsp3) is 0.424. The maximum Gasteiger partial charge on any atom is 0.312 e. The summed E-state index contributed by atoms with van der Waals surface area (Å²) < 4.78 is 17.5. The van der Waals surface area contributed by atoms with Gasteiger partial charge in [0.25, 0.3) is 5.91 Å². The predicted molar refractivity (Wildman–Crippen MR) is 165 cm³/mol. The zero-order valence-electron chi connectivity index (χ0n) is 24.1. The van der Waals surface area contributed by atoms with E-state index in [-0.39, 0.29) is 30.5 Å². The average Bonchev–Trinajstić information content (AvgIpc) is 3.62. The fourth-order valence-electron chi connectivity index (χ4n) is 6.85. The Balaban J connectivity index is 1.59. The Hall–Kier alpha value is -3.47. The van der Waals surface area contributed by atoms with Crippen molar-refractivity contribution in [3.8, 4) is 5.75 Å². The first-order valence-corrected chi connectivity index (χ1v) is 15.4. The van der Waals surface area contributed by atoms with E-state index in [9.17, 15) is 19.5 Å². The van der Waals surface area contributed by atoms with E-state index in [2.05, 4.69) is 29.1 Å². The van der Waals surface area contributed by atoms with Crippen molar-refractivity contribution in [1.29, 1.82) is 0 Å². The molecule has 1 N–H and O–H groups in total.